The van der Waals surface area contributed by atoms with Crippen LogP contribution in [-0.4, -0.2) is 37.0 Å². The van der Waals surface area contributed by atoms with Crippen molar-refractivity contribution >= 4 is 0 Å². The molecule has 2 heterocycles. The molecular formula is C15H25N3O3. The van der Waals surface area contributed by atoms with E-state index in [-0.39, 0.29) is 17.7 Å². The number of nitrogens with one attached hydrogen (secondary N) is 1. The molecule has 0 bridgehead atoms. The number of nitrogens with zero attached hydrogens (tertiary/aromatic N) is 1. The Hall–Kier alpha value is -1.21. The van der Waals surface area contributed by atoms with E-state index < -0.39 is 0 Å². The van der Waals surface area contributed by atoms with Gasteiger partial charge in [0.15, 0.2) is 0 Å². The second-order valence-corrected chi connectivity index (χ2v) is 5.60. The second kappa shape index (κ2) is 7.17. The van der Waals surface area contributed by atoms with Crippen molar-refractivity contribution < 1.29 is 14.2 Å². The van der Waals surface area contributed by atoms with Crippen LogP contribution in [0.25, 0.3) is 0 Å². The van der Waals surface area contributed by atoms with Crippen LogP contribution in [-0.2, 0) is 9.47 Å². The summed E-state index contributed by atoms with van der Waals surface area (Å²) in [5.41, 5.74) is 3.46. The largest absolute Gasteiger partial charge is 0.489 e. The van der Waals surface area contributed by atoms with Crippen molar-refractivity contribution in [1.29, 1.82) is 0 Å². The number of hydrazine groups is 1. The van der Waals surface area contributed by atoms with Gasteiger partial charge in [0.1, 0.15) is 5.75 Å². The van der Waals surface area contributed by atoms with Crippen LogP contribution in [0.5, 0.6) is 5.75 Å². The Balaban J connectivity index is 2.27. The number of hydrogen-bond acceptors (Lipinski definition) is 6. The van der Waals surface area contributed by atoms with E-state index in [0.717, 1.165) is 24.2 Å². The Morgan fingerprint density at radius 3 is 2.62 bits per heavy atom. The molecular weight excluding hydrogens is 270 g/mol. The minimum Gasteiger partial charge on any atom is -0.489 e. The lowest BCUT2D eigenvalue weighted by atomic mass is 9.83. The Kier molecular flexibility index (Phi) is 5.52. The van der Waals surface area contributed by atoms with Crippen molar-refractivity contribution in [2.75, 3.05) is 20.3 Å². The molecule has 1 aliphatic rings. The van der Waals surface area contributed by atoms with Crippen LogP contribution in [0.4, 0.5) is 0 Å². The summed E-state index contributed by atoms with van der Waals surface area (Å²) in [4.78, 5) is 4.26. The average molecular weight is 295 g/mol. The molecule has 0 amide bonds. The monoisotopic (exact) mass is 295 g/mol. The maximum absolute atomic E-state index is 5.82. The van der Waals surface area contributed by atoms with E-state index >= 15 is 0 Å². The van der Waals surface area contributed by atoms with Crippen LogP contribution in [0, 0.1) is 0 Å². The first-order valence-corrected chi connectivity index (χ1v) is 7.32. The fraction of sp³-hybridized carbons (Fsp3) is 0.667. The highest BCUT2D eigenvalue weighted by molar-refractivity contribution is 5.28. The van der Waals surface area contributed by atoms with E-state index in [0.29, 0.717) is 13.2 Å². The third kappa shape index (κ3) is 3.71. The highest BCUT2D eigenvalue weighted by atomic mass is 16.5. The molecule has 0 spiro atoms. The van der Waals surface area contributed by atoms with Gasteiger partial charge in [-0.15, -0.1) is 0 Å². The lowest BCUT2D eigenvalue weighted by Crippen LogP contribution is -2.51. The Bertz CT molecular complexity index is 448. The minimum atomic E-state index is -0.384. The Labute approximate surface area is 125 Å². The van der Waals surface area contributed by atoms with Crippen molar-refractivity contribution in [2.24, 2.45) is 5.84 Å². The van der Waals surface area contributed by atoms with Crippen LogP contribution in [0.1, 0.15) is 38.3 Å². The Morgan fingerprint density at radius 2 is 2.05 bits per heavy atom. The molecule has 1 aliphatic heterocycles. The smallest absolute Gasteiger partial charge is 0.138 e. The quantitative estimate of drug-likeness (QED) is 0.612. The third-order valence-electron chi connectivity index (χ3n) is 3.88. The summed E-state index contributed by atoms with van der Waals surface area (Å²) >= 11 is 0. The van der Waals surface area contributed by atoms with Gasteiger partial charge in [0.2, 0.25) is 0 Å². The van der Waals surface area contributed by atoms with E-state index in [1.807, 2.05) is 19.9 Å². The fourth-order valence-corrected chi connectivity index (χ4v) is 2.81. The van der Waals surface area contributed by atoms with Gasteiger partial charge < -0.3 is 14.2 Å². The maximum atomic E-state index is 5.82. The molecule has 1 fully saturated rings. The van der Waals surface area contributed by atoms with Crippen molar-refractivity contribution in [3.05, 3.63) is 24.0 Å². The van der Waals surface area contributed by atoms with Gasteiger partial charge in [0.05, 0.1) is 23.9 Å². The molecule has 0 aromatic carbocycles. The predicted molar refractivity (Wildman–Crippen MR) is 79.9 cm³/mol. The van der Waals surface area contributed by atoms with Crippen LogP contribution in [0.3, 0.4) is 0 Å². The van der Waals surface area contributed by atoms with Gasteiger partial charge in [-0.05, 0) is 25.5 Å². The molecule has 6 nitrogen and oxygen atoms in total. The molecule has 21 heavy (non-hydrogen) atoms. The first kappa shape index (κ1) is 16.2. The fourth-order valence-electron chi connectivity index (χ4n) is 2.81. The van der Waals surface area contributed by atoms with Crippen molar-refractivity contribution in [3.8, 4) is 5.75 Å². The summed E-state index contributed by atoms with van der Waals surface area (Å²) in [6.07, 6.45) is 5.18. The molecule has 1 atom stereocenters. The highest BCUT2D eigenvalue weighted by Crippen LogP contribution is 2.37. The van der Waals surface area contributed by atoms with Crippen LogP contribution in [0.15, 0.2) is 18.5 Å². The lowest BCUT2D eigenvalue weighted by Gasteiger charge is -2.42. The SMILES string of the molecule is COC1(C(NN)c2cncc(OC(C)C)c2)CCOCC1. The number of rotatable bonds is 6. The van der Waals surface area contributed by atoms with E-state index in [4.69, 9.17) is 20.1 Å². The first-order chi connectivity index (χ1) is 10.1. The van der Waals surface area contributed by atoms with Crippen LogP contribution >= 0.6 is 0 Å². The van der Waals surface area contributed by atoms with Crippen LogP contribution < -0.4 is 16.0 Å². The lowest BCUT2D eigenvalue weighted by molar-refractivity contribution is -0.111. The molecule has 6 heteroatoms. The maximum Gasteiger partial charge on any atom is 0.138 e. The minimum absolute atomic E-state index is 0.103. The third-order valence-corrected chi connectivity index (χ3v) is 3.88. The molecule has 0 saturated carbocycles. The summed E-state index contributed by atoms with van der Waals surface area (Å²) in [6.45, 7) is 5.31. The van der Waals surface area contributed by atoms with Crippen LogP contribution in [0.2, 0.25) is 0 Å². The van der Waals surface area contributed by atoms with E-state index in [2.05, 4.69) is 10.4 Å². The highest BCUT2D eigenvalue weighted by Gasteiger charge is 2.41. The van der Waals surface area contributed by atoms with E-state index in [9.17, 15) is 0 Å². The van der Waals surface area contributed by atoms with Crippen molar-refractivity contribution in [1.82, 2.24) is 10.4 Å². The van der Waals surface area contributed by atoms with E-state index in [1.54, 1.807) is 19.5 Å². The number of hydrogen-bond donors (Lipinski definition) is 2. The summed E-state index contributed by atoms with van der Waals surface area (Å²) in [6, 6.07) is 1.81. The van der Waals surface area contributed by atoms with Gasteiger partial charge in [0, 0.05) is 39.4 Å². The molecule has 2 rings (SSSR count). The molecule has 1 aromatic rings. The number of nitrogens with two attached hydrogens (primary N) is 1. The van der Waals surface area contributed by atoms with Gasteiger partial charge >= 0.3 is 0 Å². The number of ether oxygens (including phenoxy) is 3. The standard InChI is InChI=1S/C15H25N3O3/c1-11(2)21-13-8-12(9-17-10-13)14(18-16)15(19-3)4-6-20-7-5-15/h8-11,14,18H,4-7,16H2,1-3H3. The molecule has 0 aliphatic carbocycles. The average Bonchev–Trinajstić information content (AvgIpc) is 2.48. The van der Waals surface area contributed by atoms with Gasteiger partial charge in [-0.3, -0.25) is 16.3 Å². The van der Waals surface area contributed by atoms with Gasteiger partial charge in [0.25, 0.3) is 0 Å². The zero-order chi connectivity index (χ0) is 15.3. The summed E-state index contributed by atoms with van der Waals surface area (Å²) < 4.78 is 17.0. The summed E-state index contributed by atoms with van der Waals surface area (Å²) in [7, 11) is 1.72. The van der Waals surface area contributed by atoms with Crippen molar-refractivity contribution in [2.45, 2.75) is 44.4 Å². The Morgan fingerprint density at radius 1 is 1.33 bits per heavy atom. The topological polar surface area (TPSA) is 78.6 Å². The van der Waals surface area contributed by atoms with E-state index in [1.165, 1.54) is 0 Å². The molecule has 0 radical (unpaired) electrons. The van der Waals surface area contributed by atoms with Gasteiger partial charge in [-0.25, -0.2) is 0 Å². The zero-order valence-electron chi connectivity index (χ0n) is 13.0. The zero-order valence-corrected chi connectivity index (χ0v) is 13.0. The van der Waals surface area contributed by atoms with Gasteiger partial charge in [-0.2, -0.15) is 0 Å². The molecule has 118 valence electrons. The number of aromatic nitrogens is 1. The first-order valence-electron chi connectivity index (χ1n) is 7.32. The number of pyridine rings is 1. The van der Waals surface area contributed by atoms with Gasteiger partial charge in [-0.1, -0.05) is 0 Å². The normalized spacial score (nSPS) is 19.5. The van der Waals surface area contributed by atoms with Crippen molar-refractivity contribution in [3.63, 3.8) is 0 Å². The summed E-state index contributed by atoms with van der Waals surface area (Å²) in [5, 5.41) is 0. The molecule has 1 saturated heterocycles. The summed E-state index contributed by atoms with van der Waals surface area (Å²) in [5.74, 6) is 6.55. The number of methoxy groups -OCH3 is 1. The second-order valence-electron chi connectivity index (χ2n) is 5.60. The molecule has 3 N–H and O–H groups in total. The molecule has 1 unspecified atom stereocenters. The predicted octanol–water partition coefficient (Wildman–Crippen LogP) is 1.57. The molecule has 1 aromatic heterocycles.